The minimum Gasteiger partial charge on any atom is -0.465 e. The molecule has 0 amide bonds. The van der Waals surface area contributed by atoms with Crippen LogP contribution in [-0.2, 0) is 11.2 Å². The van der Waals surface area contributed by atoms with Gasteiger partial charge in [0.1, 0.15) is 0 Å². The number of aromatic nitrogens is 1. The highest BCUT2D eigenvalue weighted by atomic mass is 32.1. The van der Waals surface area contributed by atoms with Gasteiger partial charge in [-0.05, 0) is 19.1 Å². The molecule has 2 aromatic rings. The number of carbonyl (C=O) groups excluding carboxylic acids is 1. The Labute approximate surface area is 121 Å². The molecule has 1 aromatic carbocycles. The van der Waals surface area contributed by atoms with Crippen LogP contribution < -0.4 is 11.1 Å². The van der Waals surface area contributed by atoms with E-state index in [0.717, 1.165) is 17.1 Å². The van der Waals surface area contributed by atoms with E-state index in [1.807, 2.05) is 12.3 Å². The van der Waals surface area contributed by atoms with Crippen LogP contribution in [0, 0.1) is 6.92 Å². The fourth-order valence-electron chi connectivity index (χ4n) is 1.86. The predicted molar refractivity (Wildman–Crippen MR) is 81.2 cm³/mol. The molecule has 0 saturated carbocycles. The van der Waals surface area contributed by atoms with Crippen molar-refractivity contribution < 1.29 is 9.53 Å². The quantitative estimate of drug-likeness (QED) is 0.653. The van der Waals surface area contributed by atoms with Crippen molar-refractivity contribution in [1.82, 2.24) is 4.98 Å². The summed E-state index contributed by atoms with van der Waals surface area (Å²) in [5.41, 5.74) is 8.54. The molecule has 0 atom stereocenters. The number of carbonyl (C=O) groups is 1. The Morgan fingerprint density at radius 2 is 2.30 bits per heavy atom. The molecule has 0 spiro atoms. The van der Waals surface area contributed by atoms with Crippen LogP contribution in [0.5, 0.6) is 0 Å². The summed E-state index contributed by atoms with van der Waals surface area (Å²) in [6.45, 7) is 2.63. The maximum absolute atomic E-state index is 11.7. The van der Waals surface area contributed by atoms with Gasteiger partial charge in [0, 0.05) is 24.0 Å². The highest BCUT2D eigenvalue weighted by Gasteiger charge is 2.13. The number of thiazole rings is 1. The average Bonchev–Trinajstić information content (AvgIpc) is 2.85. The van der Waals surface area contributed by atoms with Gasteiger partial charge in [0.25, 0.3) is 0 Å². The molecule has 5 nitrogen and oxygen atoms in total. The van der Waals surface area contributed by atoms with Crippen molar-refractivity contribution in [3.05, 3.63) is 39.8 Å². The van der Waals surface area contributed by atoms with Crippen LogP contribution in [0.4, 0.5) is 11.4 Å². The van der Waals surface area contributed by atoms with Crippen LogP contribution >= 0.6 is 11.3 Å². The summed E-state index contributed by atoms with van der Waals surface area (Å²) in [5, 5.41) is 6.27. The monoisotopic (exact) mass is 291 g/mol. The Kier molecular flexibility index (Phi) is 4.57. The maximum Gasteiger partial charge on any atom is 0.340 e. The Morgan fingerprint density at radius 3 is 2.95 bits per heavy atom. The second-order valence-electron chi connectivity index (χ2n) is 4.32. The van der Waals surface area contributed by atoms with Gasteiger partial charge < -0.3 is 15.8 Å². The Morgan fingerprint density at radius 1 is 1.50 bits per heavy atom. The van der Waals surface area contributed by atoms with Crippen LogP contribution in [0.2, 0.25) is 0 Å². The minimum atomic E-state index is -0.398. The number of nitrogens with zero attached hydrogens (tertiary/aromatic N) is 1. The lowest BCUT2D eigenvalue weighted by molar-refractivity contribution is 0.0602. The van der Waals surface area contributed by atoms with E-state index in [9.17, 15) is 4.79 Å². The molecule has 3 N–H and O–H groups in total. The first kappa shape index (κ1) is 14.3. The lowest BCUT2D eigenvalue weighted by atomic mass is 10.1. The number of hydrogen-bond acceptors (Lipinski definition) is 6. The summed E-state index contributed by atoms with van der Waals surface area (Å²) < 4.78 is 4.76. The van der Waals surface area contributed by atoms with Crippen molar-refractivity contribution in [3.8, 4) is 0 Å². The van der Waals surface area contributed by atoms with Crippen molar-refractivity contribution in [2.24, 2.45) is 0 Å². The average molecular weight is 291 g/mol. The molecule has 20 heavy (non-hydrogen) atoms. The van der Waals surface area contributed by atoms with Crippen molar-refractivity contribution in [2.45, 2.75) is 13.3 Å². The second kappa shape index (κ2) is 6.38. The number of nitrogen functional groups attached to an aromatic ring is 1. The van der Waals surface area contributed by atoms with Gasteiger partial charge in [-0.25, -0.2) is 9.78 Å². The zero-order valence-electron chi connectivity index (χ0n) is 11.5. The number of anilines is 2. The fraction of sp³-hybridized carbons (Fsp3) is 0.286. The molecule has 6 heteroatoms. The molecule has 1 heterocycles. The second-order valence-corrected chi connectivity index (χ2v) is 5.26. The molecule has 0 saturated heterocycles. The third kappa shape index (κ3) is 3.27. The summed E-state index contributed by atoms with van der Waals surface area (Å²) >= 11 is 1.63. The zero-order valence-corrected chi connectivity index (χ0v) is 12.3. The number of methoxy groups -OCH3 is 1. The van der Waals surface area contributed by atoms with Gasteiger partial charge in [-0.15, -0.1) is 11.3 Å². The zero-order chi connectivity index (χ0) is 14.5. The van der Waals surface area contributed by atoms with Crippen LogP contribution in [0.1, 0.15) is 21.1 Å². The molecule has 106 valence electrons. The van der Waals surface area contributed by atoms with E-state index in [0.29, 0.717) is 23.5 Å². The SMILES string of the molecule is COC(=O)c1cccc(N)c1NCCc1nc(C)cs1. The highest BCUT2D eigenvalue weighted by molar-refractivity contribution is 7.09. The van der Waals surface area contributed by atoms with E-state index in [2.05, 4.69) is 10.3 Å². The number of aryl methyl sites for hydroxylation is 1. The molecular weight excluding hydrogens is 274 g/mol. The number of benzene rings is 1. The number of nitrogens with one attached hydrogen (secondary N) is 1. The Hall–Kier alpha value is -2.08. The first-order valence-corrected chi connectivity index (χ1v) is 7.11. The first-order valence-electron chi connectivity index (χ1n) is 6.23. The number of rotatable bonds is 5. The highest BCUT2D eigenvalue weighted by Crippen LogP contribution is 2.24. The predicted octanol–water partition coefficient (Wildman–Crippen LogP) is 2.47. The maximum atomic E-state index is 11.7. The Balaban J connectivity index is 2.06. The molecule has 0 aliphatic rings. The van der Waals surface area contributed by atoms with E-state index in [1.165, 1.54) is 7.11 Å². The van der Waals surface area contributed by atoms with E-state index in [4.69, 9.17) is 10.5 Å². The molecule has 0 unspecified atom stereocenters. The van der Waals surface area contributed by atoms with Gasteiger partial charge in [-0.2, -0.15) is 0 Å². The first-order chi connectivity index (χ1) is 9.61. The van der Waals surface area contributed by atoms with E-state index in [1.54, 1.807) is 29.5 Å². The molecule has 0 fully saturated rings. The van der Waals surface area contributed by atoms with E-state index < -0.39 is 5.97 Å². The van der Waals surface area contributed by atoms with Crippen molar-refractivity contribution in [1.29, 1.82) is 0 Å². The smallest absolute Gasteiger partial charge is 0.340 e. The summed E-state index contributed by atoms with van der Waals surface area (Å²) in [6, 6.07) is 5.18. The topological polar surface area (TPSA) is 77.2 Å². The van der Waals surface area contributed by atoms with Gasteiger partial charge in [0.05, 0.1) is 29.1 Å². The normalized spacial score (nSPS) is 10.3. The molecular formula is C14H17N3O2S. The van der Waals surface area contributed by atoms with Gasteiger partial charge in [0.15, 0.2) is 0 Å². The molecule has 0 aliphatic carbocycles. The third-order valence-corrected chi connectivity index (χ3v) is 3.84. The summed E-state index contributed by atoms with van der Waals surface area (Å²) in [6.07, 6.45) is 0.785. The largest absolute Gasteiger partial charge is 0.465 e. The number of nitrogens with two attached hydrogens (primary N) is 1. The van der Waals surface area contributed by atoms with Gasteiger partial charge in [-0.3, -0.25) is 0 Å². The molecule has 2 rings (SSSR count). The summed E-state index contributed by atoms with van der Waals surface area (Å²) in [7, 11) is 1.35. The van der Waals surface area contributed by atoms with E-state index in [-0.39, 0.29) is 0 Å². The number of para-hydroxylation sites is 1. The van der Waals surface area contributed by atoms with Crippen LogP contribution in [0.3, 0.4) is 0 Å². The van der Waals surface area contributed by atoms with Crippen LogP contribution in [0.15, 0.2) is 23.6 Å². The Bertz CT molecular complexity index is 610. The standard InChI is InChI=1S/C14H17N3O2S/c1-9-8-20-12(17-9)6-7-16-13-10(14(18)19-2)4-3-5-11(13)15/h3-5,8,16H,6-7,15H2,1-2H3. The summed E-state index contributed by atoms with van der Waals surface area (Å²) in [5.74, 6) is -0.398. The van der Waals surface area contributed by atoms with Crippen LogP contribution in [0.25, 0.3) is 0 Å². The summed E-state index contributed by atoms with van der Waals surface area (Å²) in [4.78, 5) is 16.1. The lowest BCUT2D eigenvalue weighted by Gasteiger charge is -2.12. The van der Waals surface area contributed by atoms with E-state index >= 15 is 0 Å². The van der Waals surface area contributed by atoms with Crippen molar-refractivity contribution >= 4 is 28.7 Å². The molecule has 0 radical (unpaired) electrons. The molecule has 0 bridgehead atoms. The fourth-order valence-corrected chi connectivity index (χ4v) is 2.64. The van der Waals surface area contributed by atoms with Crippen LogP contribution in [-0.4, -0.2) is 24.6 Å². The third-order valence-electron chi connectivity index (χ3n) is 2.81. The van der Waals surface area contributed by atoms with Gasteiger partial charge in [-0.1, -0.05) is 6.07 Å². The minimum absolute atomic E-state index is 0.398. The number of ether oxygens (including phenoxy) is 1. The van der Waals surface area contributed by atoms with Crippen molar-refractivity contribution in [2.75, 3.05) is 24.7 Å². The molecule has 1 aromatic heterocycles. The van der Waals surface area contributed by atoms with Gasteiger partial charge in [0.2, 0.25) is 0 Å². The number of hydrogen-bond donors (Lipinski definition) is 2. The number of esters is 1. The van der Waals surface area contributed by atoms with Crippen molar-refractivity contribution in [3.63, 3.8) is 0 Å². The lowest BCUT2D eigenvalue weighted by Crippen LogP contribution is -2.12. The molecule has 0 aliphatic heterocycles. The van der Waals surface area contributed by atoms with Gasteiger partial charge >= 0.3 is 5.97 Å².